The standard InChI is InChI=1S/C19H17N5O3/c25-18(5-6-19(26)27)24-17(11-16(23-24)13-2-1-7-20-13)12-3-4-14-15(10-12)22-9-8-21-14/h1-4,7-10,17,20H,5-6,11H2,(H,26,27)/t17-/m0/s1. The quantitative estimate of drug-likeness (QED) is 0.723. The van der Waals surface area contributed by atoms with Gasteiger partial charge in [0, 0.05) is 31.4 Å². The minimum absolute atomic E-state index is 0.0965. The van der Waals surface area contributed by atoms with Gasteiger partial charge in [-0.05, 0) is 29.8 Å². The molecule has 136 valence electrons. The summed E-state index contributed by atoms with van der Waals surface area (Å²) < 4.78 is 0. The Labute approximate surface area is 154 Å². The third-order valence-electron chi connectivity index (χ3n) is 4.51. The van der Waals surface area contributed by atoms with E-state index in [0.717, 1.165) is 28.0 Å². The Morgan fingerprint density at radius 1 is 1.15 bits per heavy atom. The summed E-state index contributed by atoms with van der Waals surface area (Å²) in [7, 11) is 0. The largest absolute Gasteiger partial charge is 0.481 e. The molecule has 1 amide bonds. The number of carboxylic acid groups (broad SMARTS) is 1. The number of nitrogens with zero attached hydrogens (tertiary/aromatic N) is 4. The van der Waals surface area contributed by atoms with Crippen molar-refractivity contribution in [3.8, 4) is 0 Å². The van der Waals surface area contributed by atoms with Crippen molar-refractivity contribution in [3.05, 3.63) is 60.2 Å². The number of rotatable bonds is 5. The highest BCUT2D eigenvalue weighted by molar-refractivity contribution is 6.02. The highest BCUT2D eigenvalue weighted by atomic mass is 16.4. The number of benzene rings is 1. The van der Waals surface area contributed by atoms with Gasteiger partial charge in [0.25, 0.3) is 0 Å². The zero-order chi connectivity index (χ0) is 18.8. The minimum Gasteiger partial charge on any atom is -0.481 e. The maximum Gasteiger partial charge on any atom is 0.303 e. The van der Waals surface area contributed by atoms with Gasteiger partial charge in [0.1, 0.15) is 0 Å². The van der Waals surface area contributed by atoms with E-state index in [-0.39, 0.29) is 24.8 Å². The molecule has 3 heterocycles. The molecule has 2 N–H and O–H groups in total. The smallest absolute Gasteiger partial charge is 0.303 e. The van der Waals surface area contributed by atoms with Crippen molar-refractivity contribution in [2.24, 2.45) is 5.10 Å². The molecule has 0 spiro atoms. The van der Waals surface area contributed by atoms with Gasteiger partial charge in [0.2, 0.25) is 5.91 Å². The van der Waals surface area contributed by atoms with Gasteiger partial charge in [0.15, 0.2) is 0 Å². The van der Waals surface area contributed by atoms with E-state index in [1.54, 1.807) is 18.6 Å². The zero-order valence-electron chi connectivity index (χ0n) is 14.4. The number of aromatic amines is 1. The Bertz CT molecular complexity index is 1030. The van der Waals surface area contributed by atoms with Crippen LogP contribution in [0.25, 0.3) is 11.0 Å². The number of amides is 1. The van der Waals surface area contributed by atoms with Gasteiger partial charge in [-0.25, -0.2) is 5.01 Å². The fourth-order valence-corrected chi connectivity index (χ4v) is 3.19. The summed E-state index contributed by atoms with van der Waals surface area (Å²) in [6.07, 6.45) is 5.26. The molecule has 0 saturated heterocycles. The van der Waals surface area contributed by atoms with Crippen LogP contribution in [-0.2, 0) is 9.59 Å². The van der Waals surface area contributed by atoms with Crippen LogP contribution in [0.1, 0.15) is 36.6 Å². The summed E-state index contributed by atoms with van der Waals surface area (Å²) in [5.41, 5.74) is 3.99. The van der Waals surface area contributed by atoms with E-state index >= 15 is 0 Å². The van der Waals surface area contributed by atoms with Crippen LogP contribution in [-0.4, -0.2) is 42.7 Å². The van der Waals surface area contributed by atoms with Gasteiger partial charge in [-0.1, -0.05) is 6.07 Å². The second-order valence-corrected chi connectivity index (χ2v) is 6.29. The number of fused-ring (bicyclic) bond motifs is 1. The third-order valence-corrected chi connectivity index (χ3v) is 4.51. The number of carbonyl (C=O) groups is 2. The average Bonchev–Trinajstić information content (AvgIpc) is 3.35. The monoisotopic (exact) mass is 363 g/mol. The lowest BCUT2D eigenvalue weighted by Crippen LogP contribution is -2.27. The molecule has 8 nitrogen and oxygen atoms in total. The van der Waals surface area contributed by atoms with E-state index in [1.165, 1.54) is 5.01 Å². The zero-order valence-corrected chi connectivity index (χ0v) is 14.4. The molecule has 0 unspecified atom stereocenters. The van der Waals surface area contributed by atoms with E-state index in [9.17, 15) is 9.59 Å². The first-order valence-electron chi connectivity index (χ1n) is 8.57. The second kappa shape index (κ2) is 6.99. The highest BCUT2D eigenvalue weighted by Gasteiger charge is 2.33. The predicted octanol–water partition coefficient (Wildman–Crippen LogP) is 2.50. The van der Waals surface area contributed by atoms with Gasteiger partial charge in [0.05, 0.1) is 34.9 Å². The topological polar surface area (TPSA) is 112 Å². The normalized spacial score (nSPS) is 16.5. The molecule has 0 saturated carbocycles. The summed E-state index contributed by atoms with van der Waals surface area (Å²) >= 11 is 0. The van der Waals surface area contributed by atoms with Crippen LogP contribution in [0.15, 0.2) is 54.0 Å². The molecule has 0 aliphatic carbocycles. The number of hydrogen-bond acceptors (Lipinski definition) is 5. The predicted molar refractivity (Wildman–Crippen MR) is 97.9 cm³/mol. The number of hydrazone groups is 1. The Hall–Kier alpha value is -3.55. The maximum atomic E-state index is 12.6. The minimum atomic E-state index is -1.01. The van der Waals surface area contributed by atoms with Crippen LogP contribution in [0.2, 0.25) is 0 Å². The van der Waals surface area contributed by atoms with E-state index in [0.29, 0.717) is 6.42 Å². The maximum absolute atomic E-state index is 12.6. The Balaban J connectivity index is 1.67. The fraction of sp³-hybridized carbons (Fsp3) is 0.211. The Morgan fingerprint density at radius 3 is 2.70 bits per heavy atom. The van der Waals surface area contributed by atoms with Crippen LogP contribution < -0.4 is 0 Å². The highest BCUT2D eigenvalue weighted by Crippen LogP contribution is 2.34. The second-order valence-electron chi connectivity index (χ2n) is 6.29. The van der Waals surface area contributed by atoms with Crippen LogP contribution in [0.4, 0.5) is 0 Å². The lowest BCUT2D eigenvalue weighted by molar-refractivity contribution is -0.141. The molecular weight excluding hydrogens is 346 g/mol. The van der Waals surface area contributed by atoms with Gasteiger partial charge in [-0.3, -0.25) is 19.6 Å². The van der Waals surface area contributed by atoms with Crippen LogP contribution in [0.3, 0.4) is 0 Å². The summed E-state index contributed by atoms with van der Waals surface area (Å²) in [5, 5.41) is 14.8. The van der Waals surface area contributed by atoms with Gasteiger partial charge in [-0.2, -0.15) is 5.10 Å². The Morgan fingerprint density at radius 2 is 1.96 bits per heavy atom. The molecule has 2 aromatic heterocycles. The van der Waals surface area contributed by atoms with Crippen molar-refractivity contribution < 1.29 is 14.7 Å². The molecule has 1 aliphatic heterocycles. The van der Waals surface area contributed by atoms with Crippen LogP contribution in [0.5, 0.6) is 0 Å². The summed E-state index contributed by atoms with van der Waals surface area (Å²) in [4.78, 5) is 35.2. The number of aromatic nitrogens is 3. The molecule has 0 radical (unpaired) electrons. The molecule has 1 aliphatic rings. The molecule has 8 heteroatoms. The van der Waals surface area contributed by atoms with E-state index in [4.69, 9.17) is 5.11 Å². The summed E-state index contributed by atoms with van der Waals surface area (Å²) in [6, 6.07) is 9.13. The average molecular weight is 363 g/mol. The number of hydrogen-bond donors (Lipinski definition) is 2. The van der Waals surface area contributed by atoms with E-state index in [1.807, 2.05) is 30.3 Å². The number of carboxylic acids is 1. The SMILES string of the molecule is O=C(O)CCC(=O)N1N=C(c2ccc[nH]2)C[C@H]1c1ccc2nccnc2c1. The van der Waals surface area contributed by atoms with E-state index < -0.39 is 5.97 Å². The molecule has 1 atom stereocenters. The van der Waals surface area contributed by atoms with Crippen LogP contribution >= 0.6 is 0 Å². The first-order valence-corrected chi connectivity index (χ1v) is 8.57. The van der Waals surface area contributed by atoms with Gasteiger partial charge >= 0.3 is 5.97 Å². The number of nitrogens with one attached hydrogen (secondary N) is 1. The van der Waals surface area contributed by atoms with E-state index in [2.05, 4.69) is 20.1 Å². The number of aliphatic carboxylic acids is 1. The molecular formula is C19H17N5O3. The van der Waals surface area contributed by atoms with Crippen molar-refractivity contribution in [1.29, 1.82) is 0 Å². The molecule has 0 bridgehead atoms. The molecule has 4 rings (SSSR count). The molecule has 3 aromatic rings. The molecule has 1 aromatic carbocycles. The van der Waals surface area contributed by atoms with Crippen molar-refractivity contribution in [2.75, 3.05) is 0 Å². The van der Waals surface area contributed by atoms with Gasteiger partial charge < -0.3 is 10.1 Å². The lowest BCUT2D eigenvalue weighted by Gasteiger charge is -2.22. The number of carbonyl (C=O) groups excluding carboxylic acids is 1. The Kier molecular flexibility index (Phi) is 4.37. The summed E-state index contributed by atoms with van der Waals surface area (Å²) in [5.74, 6) is -1.32. The molecule has 27 heavy (non-hydrogen) atoms. The lowest BCUT2D eigenvalue weighted by atomic mass is 9.99. The van der Waals surface area contributed by atoms with Crippen LogP contribution in [0, 0.1) is 0 Å². The van der Waals surface area contributed by atoms with Crippen molar-refractivity contribution in [1.82, 2.24) is 20.0 Å². The number of H-pyrrole nitrogens is 1. The van der Waals surface area contributed by atoms with Gasteiger partial charge in [-0.15, -0.1) is 0 Å². The van der Waals surface area contributed by atoms with Crippen molar-refractivity contribution in [2.45, 2.75) is 25.3 Å². The first-order chi connectivity index (χ1) is 13.1. The van der Waals surface area contributed by atoms with Crippen molar-refractivity contribution >= 4 is 28.6 Å². The fourth-order valence-electron chi connectivity index (χ4n) is 3.19. The molecule has 0 fully saturated rings. The first kappa shape index (κ1) is 16.9. The van der Waals surface area contributed by atoms with Crippen molar-refractivity contribution in [3.63, 3.8) is 0 Å². The summed E-state index contributed by atoms with van der Waals surface area (Å²) in [6.45, 7) is 0. The third kappa shape index (κ3) is 3.41.